The summed E-state index contributed by atoms with van der Waals surface area (Å²) in [7, 11) is 0. The summed E-state index contributed by atoms with van der Waals surface area (Å²) in [5, 5.41) is 30.4. The molecule has 0 saturated carbocycles. The fourth-order valence-corrected chi connectivity index (χ4v) is 4.78. The lowest BCUT2D eigenvalue weighted by Gasteiger charge is -2.17. The van der Waals surface area contributed by atoms with E-state index in [4.69, 9.17) is 17.0 Å². The van der Waals surface area contributed by atoms with Crippen molar-refractivity contribution in [2.24, 2.45) is 20.0 Å². The molecule has 12 nitrogen and oxygen atoms in total. The van der Waals surface area contributed by atoms with Crippen LogP contribution in [0.3, 0.4) is 0 Å². The molecule has 0 spiro atoms. The highest BCUT2D eigenvalue weighted by molar-refractivity contribution is 8.14. The molecule has 162 valence electrons. The molecule has 1 fully saturated rings. The highest BCUT2D eigenvalue weighted by atomic mass is 32.2. The molecule has 0 radical (unpaired) electrons. The Balaban J connectivity index is 1.32. The number of imidazole rings is 1. The van der Waals surface area contributed by atoms with Crippen molar-refractivity contribution in [3.63, 3.8) is 0 Å². The van der Waals surface area contributed by atoms with Crippen LogP contribution in [0, 0.1) is 4.64 Å². The third-order valence-electron chi connectivity index (χ3n) is 5.18. The molecule has 5 rings (SSSR count). The number of fused-ring (bicyclic) bond motifs is 2. The quantitative estimate of drug-likeness (QED) is 0.505. The predicted molar refractivity (Wildman–Crippen MR) is 117 cm³/mol. The summed E-state index contributed by atoms with van der Waals surface area (Å²) in [4.78, 5) is 25.6. The van der Waals surface area contributed by atoms with E-state index in [1.165, 1.54) is 23.6 Å². The van der Waals surface area contributed by atoms with Gasteiger partial charge in [0.2, 0.25) is 0 Å². The lowest BCUT2D eigenvalue weighted by molar-refractivity contribution is -0.0511. The first-order chi connectivity index (χ1) is 15.1. The average molecular weight is 463 g/mol. The van der Waals surface area contributed by atoms with E-state index < -0.39 is 31.1 Å². The number of hydrogen-bond donors (Lipinski definition) is 3. The Hall–Kier alpha value is -2.36. The fourth-order valence-electron chi connectivity index (χ4n) is 3.56. The van der Waals surface area contributed by atoms with Gasteiger partial charge >= 0.3 is 0 Å². The van der Waals surface area contributed by atoms with Gasteiger partial charge in [-0.15, -0.1) is 11.8 Å². The van der Waals surface area contributed by atoms with Crippen LogP contribution in [0.5, 0.6) is 0 Å². The van der Waals surface area contributed by atoms with Gasteiger partial charge in [-0.05, 0) is 0 Å². The van der Waals surface area contributed by atoms with E-state index in [0.29, 0.717) is 33.9 Å². The number of aryl methyl sites for hydroxylation is 1. The van der Waals surface area contributed by atoms with Gasteiger partial charge in [0.05, 0.1) is 19.3 Å². The number of ether oxygens (including phenoxy) is 1. The van der Waals surface area contributed by atoms with Gasteiger partial charge in [-0.3, -0.25) is 9.56 Å². The monoisotopic (exact) mass is 462 g/mol. The summed E-state index contributed by atoms with van der Waals surface area (Å²) in [6.45, 7) is 0.168. The Bertz CT molecular complexity index is 1190. The zero-order valence-electron chi connectivity index (χ0n) is 16.0. The first-order valence-corrected chi connectivity index (χ1v) is 10.8. The Labute approximate surface area is 184 Å². The maximum atomic E-state index is 10.3. The Morgan fingerprint density at radius 1 is 1.13 bits per heavy atom. The first kappa shape index (κ1) is 20.5. The molecule has 0 aliphatic carbocycles. The molecule has 5 unspecified atom stereocenters. The molecule has 14 heteroatoms. The van der Waals surface area contributed by atoms with Gasteiger partial charge < -0.3 is 24.6 Å². The lowest BCUT2D eigenvalue weighted by Crippen LogP contribution is -2.33. The lowest BCUT2D eigenvalue weighted by atomic mass is 10.1. The van der Waals surface area contributed by atoms with Crippen molar-refractivity contribution in [2.45, 2.75) is 37.1 Å². The molecule has 3 aliphatic rings. The molecule has 2 aromatic heterocycles. The van der Waals surface area contributed by atoms with E-state index >= 15 is 0 Å². The van der Waals surface area contributed by atoms with Crippen LogP contribution in [0.4, 0.5) is 0 Å². The van der Waals surface area contributed by atoms with Crippen molar-refractivity contribution < 1.29 is 20.1 Å². The van der Waals surface area contributed by atoms with E-state index in [-0.39, 0.29) is 6.04 Å². The normalized spacial score (nSPS) is 29.5. The number of rotatable bonds is 5. The summed E-state index contributed by atoms with van der Waals surface area (Å²) in [6.07, 6.45) is 1.82. The number of aromatic nitrogens is 4. The molecule has 2 aromatic rings. The zero-order chi connectivity index (χ0) is 21.5. The number of nitrogens with zero attached hydrogens (tertiary/aromatic N) is 8. The van der Waals surface area contributed by atoms with Crippen LogP contribution in [0.15, 0.2) is 32.6 Å². The third-order valence-corrected chi connectivity index (χ3v) is 6.62. The second-order valence-electron chi connectivity index (χ2n) is 7.01. The van der Waals surface area contributed by atoms with E-state index in [9.17, 15) is 15.3 Å². The number of amidine groups is 1. The molecule has 5 atom stereocenters. The number of aliphatic hydroxyl groups is 3. The van der Waals surface area contributed by atoms with Crippen LogP contribution < -0.4 is 0 Å². The minimum absolute atomic E-state index is 0.227. The van der Waals surface area contributed by atoms with Gasteiger partial charge in [0, 0.05) is 12.3 Å². The maximum Gasteiger partial charge on any atom is 0.166 e. The van der Waals surface area contributed by atoms with Gasteiger partial charge in [0.15, 0.2) is 23.8 Å². The van der Waals surface area contributed by atoms with Crippen LogP contribution in [-0.4, -0.2) is 94.7 Å². The van der Waals surface area contributed by atoms with Crippen molar-refractivity contribution in [2.75, 3.05) is 12.4 Å². The molecule has 5 heterocycles. The minimum atomic E-state index is -1.22. The van der Waals surface area contributed by atoms with Crippen LogP contribution in [-0.2, 0) is 11.3 Å². The summed E-state index contributed by atoms with van der Waals surface area (Å²) < 4.78 is 9.38. The molecule has 3 aliphatic heterocycles. The SMILES string of the molecule is OCC1OC(n2cnc3c(=S)n(CCSC4=NC=NC5=NC=NC54)cnc32)C(O)C1O. The molecule has 0 aromatic carbocycles. The van der Waals surface area contributed by atoms with Gasteiger partial charge in [0.1, 0.15) is 46.2 Å². The smallest absolute Gasteiger partial charge is 0.166 e. The van der Waals surface area contributed by atoms with E-state index in [2.05, 4.69) is 29.9 Å². The molecule has 3 N–H and O–H groups in total. The van der Waals surface area contributed by atoms with E-state index in [0.717, 1.165) is 5.04 Å². The van der Waals surface area contributed by atoms with Crippen molar-refractivity contribution in [1.82, 2.24) is 19.1 Å². The second-order valence-corrected chi connectivity index (χ2v) is 8.51. The van der Waals surface area contributed by atoms with Crippen molar-refractivity contribution in [1.29, 1.82) is 0 Å². The topological polar surface area (TPSA) is 155 Å². The molecule has 0 amide bonds. The number of hydrogen-bond acceptors (Lipinski definition) is 12. The standard InChI is InChI=1S/C17H18N8O4S2/c26-3-8-11(27)12(28)16(29-8)25-7-22-10-14(25)23-6-24(17(10)30)1-2-31-15-9-13(19-4-18-9)20-5-21-15/h4-9,11-12,16,26-28H,1-3H2. The number of aliphatic imine (C=N–C) groups is 4. The van der Waals surface area contributed by atoms with Gasteiger partial charge in [0.25, 0.3) is 0 Å². The van der Waals surface area contributed by atoms with Crippen LogP contribution in [0.1, 0.15) is 6.23 Å². The highest BCUT2D eigenvalue weighted by Crippen LogP contribution is 2.31. The molecular weight excluding hydrogens is 444 g/mol. The Morgan fingerprint density at radius 3 is 2.81 bits per heavy atom. The molecular formula is C17H18N8O4S2. The van der Waals surface area contributed by atoms with Crippen LogP contribution in [0.25, 0.3) is 11.2 Å². The fraction of sp³-hybridized carbons (Fsp3) is 0.471. The van der Waals surface area contributed by atoms with Crippen LogP contribution >= 0.6 is 24.0 Å². The third kappa shape index (κ3) is 3.54. The molecule has 0 bridgehead atoms. The Kier molecular flexibility index (Phi) is 5.49. The first-order valence-electron chi connectivity index (χ1n) is 9.45. The van der Waals surface area contributed by atoms with E-state index in [1.54, 1.807) is 18.1 Å². The summed E-state index contributed by atoms with van der Waals surface area (Å²) in [5.41, 5.74) is 0.912. The molecule has 31 heavy (non-hydrogen) atoms. The average Bonchev–Trinajstić information content (AvgIpc) is 3.49. The Morgan fingerprint density at radius 2 is 2.00 bits per heavy atom. The predicted octanol–water partition coefficient (Wildman–Crippen LogP) is -0.444. The maximum absolute atomic E-state index is 10.3. The van der Waals surface area contributed by atoms with Crippen molar-refractivity contribution >= 4 is 58.7 Å². The number of thioether (sulfide) groups is 1. The van der Waals surface area contributed by atoms with Crippen LogP contribution in [0.2, 0.25) is 0 Å². The van der Waals surface area contributed by atoms with Gasteiger partial charge in [-0.1, -0.05) is 12.2 Å². The molecule has 1 saturated heterocycles. The van der Waals surface area contributed by atoms with E-state index in [1.807, 2.05) is 4.57 Å². The van der Waals surface area contributed by atoms with Crippen molar-refractivity contribution in [3.8, 4) is 0 Å². The summed E-state index contributed by atoms with van der Waals surface area (Å²) in [6, 6.07) is -0.227. The largest absolute Gasteiger partial charge is 0.394 e. The van der Waals surface area contributed by atoms with Gasteiger partial charge in [-0.2, -0.15) is 0 Å². The summed E-state index contributed by atoms with van der Waals surface area (Å²) >= 11 is 7.13. The highest BCUT2D eigenvalue weighted by Gasteiger charge is 2.44. The van der Waals surface area contributed by atoms with Gasteiger partial charge in [-0.25, -0.2) is 24.9 Å². The number of aliphatic hydroxyl groups excluding tert-OH is 3. The minimum Gasteiger partial charge on any atom is -0.394 e. The van der Waals surface area contributed by atoms with Crippen molar-refractivity contribution in [3.05, 3.63) is 17.3 Å². The second kappa shape index (κ2) is 8.29. The summed E-state index contributed by atoms with van der Waals surface area (Å²) in [5.74, 6) is 1.33. The zero-order valence-corrected chi connectivity index (χ0v) is 17.6.